The molecule has 1 aliphatic rings. The number of nitrogens with zero attached hydrogens (tertiary/aromatic N) is 7. The number of anilines is 2. The highest BCUT2D eigenvalue weighted by Crippen LogP contribution is 2.23. The molecular weight excluding hydrogens is 428 g/mol. The number of benzene rings is 1. The Morgan fingerprint density at radius 1 is 1.03 bits per heavy atom. The zero-order chi connectivity index (χ0) is 23.7. The molecule has 0 saturated carbocycles. The Labute approximate surface area is 198 Å². The smallest absolute Gasteiger partial charge is 0.258 e. The maximum Gasteiger partial charge on any atom is 0.258 e. The van der Waals surface area contributed by atoms with Gasteiger partial charge in [0.25, 0.3) is 5.91 Å². The molecule has 3 aromatic heterocycles. The van der Waals surface area contributed by atoms with Crippen molar-refractivity contribution in [2.45, 2.75) is 19.9 Å². The van der Waals surface area contributed by atoms with E-state index in [0.29, 0.717) is 11.6 Å². The Bertz CT molecular complexity index is 1320. The summed E-state index contributed by atoms with van der Waals surface area (Å²) in [5.74, 6) is 0.825. The molecule has 0 spiro atoms. The fourth-order valence-corrected chi connectivity index (χ4v) is 4.25. The Hall–Kier alpha value is -3.85. The van der Waals surface area contributed by atoms with Crippen molar-refractivity contribution in [3.05, 3.63) is 60.8 Å². The highest BCUT2D eigenvalue weighted by molar-refractivity contribution is 6.04. The lowest BCUT2D eigenvalue weighted by atomic mass is 10.1. The quantitative estimate of drug-likeness (QED) is 0.493. The second-order valence-electron chi connectivity index (χ2n) is 8.83. The average molecular weight is 457 g/mol. The first-order chi connectivity index (χ1) is 16.5. The minimum Gasteiger partial charge on any atom is -0.354 e. The lowest BCUT2D eigenvalue weighted by Crippen LogP contribution is -2.49. The number of hydrogen-bond acceptors (Lipinski definition) is 7. The molecule has 1 N–H and O–H groups in total. The van der Waals surface area contributed by atoms with E-state index >= 15 is 0 Å². The van der Waals surface area contributed by atoms with Gasteiger partial charge in [0.2, 0.25) is 5.95 Å². The highest BCUT2D eigenvalue weighted by atomic mass is 16.1. The summed E-state index contributed by atoms with van der Waals surface area (Å²) >= 11 is 0. The molecule has 0 bridgehead atoms. The summed E-state index contributed by atoms with van der Waals surface area (Å²) in [6, 6.07) is 10.0. The lowest BCUT2D eigenvalue weighted by Gasteiger charge is -2.37. The van der Waals surface area contributed by atoms with Crippen LogP contribution in [0.1, 0.15) is 24.2 Å². The van der Waals surface area contributed by atoms with Crippen molar-refractivity contribution in [1.29, 1.82) is 0 Å². The number of pyridine rings is 1. The van der Waals surface area contributed by atoms with Crippen LogP contribution in [0.2, 0.25) is 0 Å². The SMILES string of the molecule is CC(C)N1CCN(c2cc(C(=O)Nc3ncc4ccc(-c5cncn5C)cc4n3)ccn2)CC1. The van der Waals surface area contributed by atoms with E-state index in [4.69, 9.17) is 0 Å². The molecular formula is C25H28N8O. The largest absolute Gasteiger partial charge is 0.354 e. The first kappa shape index (κ1) is 22.0. The Morgan fingerprint density at radius 3 is 2.59 bits per heavy atom. The summed E-state index contributed by atoms with van der Waals surface area (Å²) < 4.78 is 1.95. The van der Waals surface area contributed by atoms with Gasteiger partial charge < -0.3 is 9.47 Å². The molecule has 9 nitrogen and oxygen atoms in total. The van der Waals surface area contributed by atoms with Crippen LogP contribution in [0.15, 0.2) is 55.2 Å². The molecule has 4 aromatic rings. The third-order valence-electron chi connectivity index (χ3n) is 6.30. The molecule has 1 aromatic carbocycles. The van der Waals surface area contributed by atoms with E-state index in [1.807, 2.05) is 42.1 Å². The molecule has 0 unspecified atom stereocenters. The zero-order valence-corrected chi connectivity index (χ0v) is 19.6. The van der Waals surface area contributed by atoms with Gasteiger partial charge in [-0.1, -0.05) is 12.1 Å². The van der Waals surface area contributed by atoms with Gasteiger partial charge in [-0.05, 0) is 32.0 Å². The van der Waals surface area contributed by atoms with Crippen LogP contribution in [0.25, 0.3) is 22.2 Å². The van der Waals surface area contributed by atoms with Crippen molar-refractivity contribution >= 4 is 28.6 Å². The van der Waals surface area contributed by atoms with Crippen molar-refractivity contribution in [3.63, 3.8) is 0 Å². The van der Waals surface area contributed by atoms with Crippen LogP contribution in [0.5, 0.6) is 0 Å². The van der Waals surface area contributed by atoms with Gasteiger partial charge in [0.15, 0.2) is 0 Å². The molecule has 4 heterocycles. The predicted molar refractivity (Wildman–Crippen MR) is 133 cm³/mol. The third-order valence-corrected chi connectivity index (χ3v) is 6.30. The van der Waals surface area contributed by atoms with Crippen LogP contribution in [0.3, 0.4) is 0 Å². The molecule has 9 heteroatoms. The van der Waals surface area contributed by atoms with Gasteiger partial charge in [-0.2, -0.15) is 0 Å². The second-order valence-corrected chi connectivity index (χ2v) is 8.83. The van der Waals surface area contributed by atoms with Crippen LogP contribution < -0.4 is 10.2 Å². The molecule has 0 atom stereocenters. The van der Waals surface area contributed by atoms with Crippen LogP contribution in [-0.2, 0) is 7.05 Å². The van der Waals surface area contributed by atoms with E-state index < -0.39 is 0 Å². The normalized spacial score (nSPS) is 14.6. The zero-order valence-electron chi connectivity index (χ0n) is 19.6. The van der Waals surface area contributed by atoms with Gasteiger partial charge in [0.1, 0.15) is 5.82 Å². The molecule has 1 fully saturated rings. The van der Waals surface area contributed by atoms with Crippen molar-refractivity contribution in [2.75, 3.05) is 36.4 Å². The molecule has 5 rings (SSSR count). The summed E-state index contributed by atoms with van der Waals surface area (Å²) in [5.41, 5.74) is 3.27. The number of fused-ring (bicyclic) bond motifs is 1. The van der Waals surface area contributed by atoms with Gasteiger partial charge in [-0.15, -0.1) is 0 Å². The first-order valence-electron chi connectivity index (χ1n) is 11.5. The fourth-order valence-electron chi connectivity index (χ4n) is 4.25. The molecule has 1 amide bonds. The van der Waals surface area contributed by atoms with Crippen molar-refractivity contribution in [2.24, 2.45) is 7.05 Å². The van der Waals surface area contributed by atoms with Crippen molar-refractivity contribution in [3.8, 4) is 11.3 Å². The van der Waals surface area contributed by atoms with Gasteiger partial charge in [0, 0.05) is 68.2 Å². The number of aromatic nitrogens is 5. The van der Waals surface area contributed by atoms with E-state index in [-0.39, 0.29) is 11.9 Å². The minimum absolute atomic E-state index is 0.258. The number of amides is 1. The van der Waals surface area contributed by atoms with Crippen LogP contribution in [-0.4, -0.2) is 67.5 Å². The number of piperazine rings is 1. The number of rotatable bonds is 5. The van der Waals surface area contributed by atoms with Gasteiger partial charge in [0.05, 0.1) is 23.7 Å². The highest BCUT2D eigenvalue weighted by Gasteiger charge is 2.20. The number of nitrogens with one attached hydrogen (secondary N) is 1. The van der Waals surface area contributed by atoms with E-state index in [9.17, 15) is 4.79 Å². The van der Waals surface area contributed by atoms with Gasteiger partial charge >= 0.3 is 0 Å². The van der Waals surface area contributed by atoms with Crippen LogP contribution in [0.4, 0.5) is 11.8 Å². The van der Waals surface area contributed by atoms with Gasteiger partial charge in [-0.3, -0.25) is 15.0 Å². The van der Waals surface area contributed by atoms with Crippen LogP contribution >= 0.6 is 0 Å². The number of carbonyl (C=O) groups excluding carboxylic acids is 1. The monoisotopic (exact) mass is 456 g/mol. The average Bonchev–Trinajstić information content (AvgIpc) is 3.29. The van der Waals surface area contributed by atoms with E-state index in [1.165, 1.54) is 0 Å². The molecule has 1 saturated heterocycles. The standard InChI is InChI=1S/C25H28N8O/c1-17(2)32-8-10-33(11-9-32)23-13-19(6-7-27-23)24(34)30-25-28-14-20-5-4-18(12-21(20)29-25)22-15-26-16-31(22)3/h4-7,12-17H,8-11H2,1-3H3,(H,28,29,30,34). The predicted octanol–water partition coefficient (Wildman–Crippen LogP) is 3.21. The number of imidazole rings is 1. The summed E-state index contributed by atoms with van der Waals surface area (Å²) in [4.78, 5) is 35.2. The summed E-state index contributed by atoms with van der Waals surface area (Å²) in [7, 11) is 1.95. The number of aryl methyl sites for hydroxylation is 1. The van der Waals surface area contributed by atoms with E-state index in [0.717, 1.165) is 54.2 Å². The molecule has 1 aliphatic heterocycles. The summed E-state index contributed by atoms with van der Waals surface area (Å²) in [5, 5.41) is 3.73. The maximum absolute atomic E-state index is 13.0. The lowest BCUT2D eigenvalue weighted by molar-refractivity contribution is 0.102. The molecule has 174 valence electrons. The van der Waals surface area contributed by atoms with E-state index in [2.05, 4.69) is 48.9 Å². The molecule has 0 radical (unpaired) electrons. The summed E-state index contributed by atoms with van der Waals surface area (Å²) in [6.07, 6.45) is 6.98. The third kappa shape index (κ3) is 4.47. The fraction of sp³-hybridized carbons (Fsp3) is 0.320. The minimum atomic E-state index is -0.258. The maximum atomic E-state index is 13.0. The van der Waals surface area contributed by atoms with Crippen molar-refractivity contribution in [1.82, 2.24) is 29.4 Å². The van der Waals surface area contributed by atoms with Crippen molar-refractivity contribution < 1.29 is 4.79 Å². The molecule has 34 heavy (non-hydrogen) atoms. The second kappa shape index (κ2) is 9.18. The summed E-state index contributed by atoms with van der Waals surface area (Å²) in [6.45, 7) is 8.19. The number of hydrogen-bond donors (Lipinski definition) is 1. The Kier molecular flexibility index (Phi) is 5.93. The van der Waals surface area contributed by atoms with Gasteiger partial charge in [-0.25, -0.2) is 19.9 Å². The topological polar surface area (TPSA) is 92.1 Å². The Morgan fingerprint density at radius 2 is 1.85 bits per heavy atom. The van der Waals surface area contributed by atoms with E-state index in [1.54, 1.807) is 24.8 Å². The molecule has 0 aliphatic carbocycles. The number of carbonyl (C=O) groups is 1. The van der Waals surface area contributed by atoms with Crippen LogP contribution in [0, 0.1) is 0 Å². The Balaban J connectivity index is 1.32. The first-order valence-corrected chi connectivity index (χ1v) is 11.5.